The molecule has 0 N–H and O–H groups in total. The third-order valence-electron chi connectivity index (χ3n) is 0.664. The van der Waals surface area contributed by atoms with Gasteiger partial charge in [-0.1, -0.05) is 0 Å². The van der Waals surface area contributed by atoms with Crippen LogP contribution in [0.5, 0.6) is 0 Å². The second-order valence-corrected chi connectivity index (χ2v) is 1.21. The number of aromatic nitrogens is 1. The minimum Gasteiger partial charge on any atom is -0.215 e. The first kappa shape index (κ1) is 5.15. The number of pyridine rings is 1. The molecule has 0 aliphatic heterocycles. The maximum atomic E-state index is 11.9. The first-order valence-corrected chi connectivity index (χ1v) is 1.99. The number of nitrogens with zero attached hydrogens (tertiary/aromatic N) is 1. The lowest BCUT2D eigenvalue weighted by Crippen LogP contribution is -1.85. The molecule has 0 amide bonds. The van der Waals surface area contributed by atoms with Crippen molar-refractivity contribution in [3.05, 3.63) is 30.1 Å². The van der Waals surface area contributed by atoms with E-state index in [0.717, 1.165) is 6.07 Å². The Morgan fingerprint density at radius 1 is 1.50 bits per heavy atom. The molecule has 1 nitrogen and oxygen atoms in total. The van der Waals surface area contributed by atoms with Crippen molar-refractivity contribution in [2.24, 2.45) is 0 Å². The fraction of sp³-hybridized carbons (Fsp3) is 0. The van der Waals surface area contributed by atoms with Gasteiger partial charge < -0.3 is 0 Å². The van der Waals surface area contributed by atoms with Crippen molar-refractivity contribution in [1.82, 2.24) is 4.98 Å². The van der Waals surface area contributed by atoms with Crippen LogP contribution in [-0.4, -0.2) is 4.98 Å². The largest absolute Gasteiger partial charge is 0.249 e. The summed E-state index contributed by atoms with van der Waals surface area (Å²) in [5.41, 5.74) is 0. The van der Waals surface area contributed by atoms with Crippen LogP contribution in [-0.2, 0) is 0 Å². The SMILES string of the molecule is Fc1cc[c]nc1F. The van der Waals surface area contributed by atoms with E-state index >= 15 is 0 Å². The summed E-state index contributed by atoms with van der Waals surface area (Å²) in [6.45, 7) is 0. The van der Waals surface area contributed by atoms with Crippen molar-refractivity contribution in [3.63, 3.8) is 0 Å². The molecule has 41 valence electrons. The topological polar surface area (TPSA) is 12.9 Å². The van der Waals surface area contributed by atoms with E-state index in [-0.39, 0.29) is 0 Å². The molecule has 1 heterocycles. The van der Waals surface area contributed by atoms with Gasteiger partial charge in [-0.15, -0.1) is 0 Å². The highest BCUT2D eigenvalue weighted by Gasteiger charge is 1.96. The summed E-state index contributed by atoms with van der Waals surface area (Å²) in [6, 6.07) is 2.17. The first-order chi connectivity index (χ1) is 3.80. The van der Waals surface area contributed by atoms with E-state index in [2.05, 4.69) is 11.2 Å². The minimum atomic E-state index is -1.10. The number of rotatable bonds is 0. The number of hydrogen-bond acceptors (Lipinski definition) is 1. The van der Waals surface area contributed by atoms with Gasteiger partial charge in [0.15, 0.2) is 5.82 Å². The average molecular weight is 114 g/mol. The maximum Gasteiger partial charge on any atom is 0.249 e. The van der Waals surface area contributed by atoms with Gasteiger partial charge in [0.1, 0.15) is 0 Å². The Kier molecular flexibility index (Phi) is 1.20. The molecule has 1 aromatic heterocycles. The molecule has 1 rings (SSSR count). The molecule has 0 saturated heterocycles. The molecule has 0 aromatic carbocycles. The molecule has 0 unspecified atom stereocenters. The van der Waals surface area contributed by atoms with E-state index in [9.17, 15) is 8.78 Å². The Morgan fingerprint density at radius 3 is 2.62 bits per heavy atom. The molecule has 0 atom stereocenters. The van der Waals surface area contributed by atoms with Gasteiger partial charge in [-0.25, -0.2) is 9.37 Å². The molecule has 8 heavy (non-hydrogen) atoms. The molecule has 3 heteroatoms. The Hall–Kier alpha value is -0.990. The summed E-state index contributed by atoms with van der Waals surface area (Å²) in [5, 5.41) is 0. The van der Waals surface area contributed by atoms with Crippen LogP contribution in [0.4, 0.5) is 8.78 Å². The monoisotopic (exact) mass is 114 g/mol. The molecular weight excluding hydrogens is 112 g/mol. The van der Waals surface area contributed by atoms with Gasteiger partial charge >= 0.3 is 0 Å². The molecule has 0 spiro atoms. The highest BCUT2D eigenvalue weighted by molar-refractivity contribution is 4.93. The highest BCUT2D eigenvalue weighted by Crippen LogP contribution is 1.96. The fourth-order valence-electron chi connectivity index (χ4n) is 0.327. The fourth-order valence-corrected chi connectivity index (χ4v) is 0.327. The van der Waals surface area contributed by atoms with Gasteiger partial charge in [-0.2, -0.15) is 4.39 Å². The van der Waals surface area contributed by atoms with Crippen molar-refractivity contribution in [2.75, 3.05) is 0 Å². The van der Waals surface area contributed by atoms with E-state index in [4.69, 9.17) is 0 Å². The Bertz CT molecular complexity index is 167. The van der Waals surface area contributed by atoms with Crippen molar-refractivity contribution < 1.29 is 8.78 Å². The Labute approximate surface area is 45.0 Å². The van der Waals surface area contributed by atoms with Gasteiger partial charge in [-0.3, -0.25) is 0 Å². The van der Waals surface area contributed by atoms with Crippen LogP contribution < -0.4 is 0 Å². The summed E-state index contributed by atoms with van der Waals surface area (Å²) in [5.74, 6) is -2.05. The third kappa shape index (κ3) is 0.804. The lowest BCUT2D eigenvalue weighted by atomic mass is 10.5. The Morgan fingerprint density at radius 2 is 2.25 bits per heavy atom. The predicted octanol–water partition coefficient (Wildman–Crippen LogP) is 1.16. The normalized spacial score (nSPS) is 9.25. The van der Waals surface area contributed by atoms with Gasteiger partial charge in [0.2, 0.25) is 5.95 Å². The van der Waals surface area contributed by atoms with Crippen LogP contribution in [0.1, 0.15) is 0 Å². The molecule has 1 radical (unpaired) electrons. The number of hydrogen-bond donors (Lipinski definition) is 0. The van der Waals surface area contributed by atoms with Crippen LogP contribution >= 0.6 is 0 Å². The molecule has 0 saturated carbocycles. The standard InChI is InChI=1S/C5H2F2N/c6-4-2-1-3-8-5(4)7/h1-2H. The summed E-state index contributed by atoms with van der Waals surface area (Å²) < 4.78 is 23.7. The van der Waals surface area contributed by atoms with E-state index in [0.29, 0.717) is 0 Å². The summed E-state index contributed by atoms with van der Waals surface area (Å²) in [4.78, 5) is 2.91. The molecule has 0 aliphatic carbocycles. The molecule has 0 fully saturated rings. The van der Waals surface area contributed by atoms with Crippen LogP contribution in [0.2, 0.25) is 0 Å². The first-order valence-electron chi connectivity index (χ1n) is 1.99. The van der Waals surface area contributed by atoms with Crippen molar-refractivity contribution >= 4 is 0 Å². The zero-order chi connectivity index (χ0) is 5.98. The smallest absolute Gasteiger partial charge is 0.215 e. The maximum absolute atomic E-state index is 11.9. The molecular formula is C5H2F2N. The lowest BCUT2D eigenvalue weighted by molar-refractivity contribution is 0.478. The second-order valence-electron chi connectivity index (χ2n) is 1.21. The lowest BCUT2D eigenvalue weighted by Gasteiger charge is -1.83. The van der Waals surface area contributed by atoms with E-state index in [1.807, 2.05) is 0 Å². The minimum absolute atomic E-state index is 0.941. The summed E-state index contributed by atoms with van der Waals surface area (Å²) in [7, 11) is 0. The van der Waals surface area contributed by atoms with Gasteiger partial charge in [0, 0.05) is 0 Å². The van der Waals surface area contributed by atoms with Crippen molar-refractivity contribution in [2.45, 2.75) is 0 Å². The molecule has 1 aromatic rings. The zero-order valence-electron chi connectivity index (χ0n) is 3.86. The second kappa shape index (κ2) is 1.86. The number of halogens is 2. The quantitative estimate of drug-likeness (QED) is 0.461. The predicted molar refractivity (Wildman–Crippen MR) is 23.0 cm³/mol. The van der Waals surface area contributed by atoms with E-state index < -0.39 is 11.8 Å². The summed E-state index contributed by atoms with van der Waals surface area (Å²) in [6.07, 6.45) is 2.14. The van der Waals surface area contributed by atoms with Gasteiger partial charge in [0.25, 0.3) is 0 Å². The van der Waals surface area contributed by atoms with E-state index in [1.54, 1.807) is 0 Å². The van der Waals surface area contributed by atoms with E-state index in [1.165, 1.54) is 6.07 Å². The van der Waals surface area contributed by atoms with Crippen LogP contribution in [0.3, 0.4) is 0 Å². The average Bonchev–Trinajstić information content (AvgIpc) is 1.77. The van der Waals surface area contributed by atoms with Gasteiger partial charge in [-0.05, 0) is 12.1 Å². The van der Waals surface area contributed by atoms with Crippen molar-refractivity contribution in [3.8, 4) is 0 Å². The van der Waals surface area contributed by atoms with Crippen LogP contribution in [0.25, 0.3) is 0 Å². The van der Waals surface area contributed by atoms with Crippen LogP contribution in [0, 0.1) is 18.0 Å². The Balaban J connectivity index is 3.13. The van der Waals surface area contributed by atoms with Crippen LogP contribution in [0.15, 0.2) is 12.1 Å². The molecule has 0 bridgehead atoms. The van der Waals surface area contributed by atoms with Crippen molar-refractivity contribution in [1.29, 1.82) is 0 Å². The molecule has 0 aliphatic rings. The van der Waals surface area contributed by atoms with Gasteiger partial charge in [0.05, 0.1) is 6.20 Å². The summed E-state index contributed by atoms with van der Waals surface area (Å²) >= 11 is 0. The zero-order valence-corrected chi connectivity index (χ0v) is 3.86. The highest BCUT2D eigenvalue weighted by atomic mass is 19.2. The third-order valence-corrected chi connectivity index (χ3v) is 0.664.